The zero-order valence-electron chi connectivity index (χ0n) is 8.90. The van der Waals surface area contributed by atoms with Gasteiger partial charge in [0.2, 0.25) is 0 Å². The Labute approximate surface area is 89.1 Å². The number of anilines is 1. The number of nitriles is 1. The molecule has 4 nitrogen and oxygen atoms in total. The number of pyridine rings is 1. The summed E-state index contributed by atoms with van der Waals surface area (Å²) < 4.78 is 5.71. The summed E-state index contributed by atoms with van der Waals surface area (Å²) in [7, 11) is 3.85. The van der Waals surface area contributed by atoms with Gasteiger partial charge in [-0.15, -0.1) is 0 Å². The van der Waals surface area contributed by atoms with E-state index >= 15 is 0 Å². The van der Waals surface area contributed by atoms with Gasteiger partial charge in [0.15, 0.2) is 11.4 Å². The third kappa shape index (κ3) is 2.01. The standard InChI is InChI=1S/C11H13N3O/c1-14(2)10-5-6-13-9(7-12)11(10)15-8-3-4-8/h5-6,8H,3-4H2,1-2H3. The van der Waals surface area contributed by atoms with Gasteiger partial charge in [-0.25, -0.2) is 4.98 Å². The van der Waals surface area contributed by atoms with E-state index in [2.05, 4.69) is 11.1 Å². The van der Waals surface area contributed by atoms with E-state index < -0.39 is 0 Å². The molecule has 1 aromatic heterocycles. The first kappa shape index (κ1) is 9.78. The Morgan fingerprint density at radius 3 is 2.80 bits per heavy atom. The minimum absolute atomic E-state index is 0.278. The molecule has 2 rings (SSSR count). The van der Waals surface area contributed by atoms with Crippen LogP contribution in [0.5, 0.6) is 5.75 Å². The molecule has 0 saturated heterocycles. The third-order valence-corrected chi connectivity index (χ3v) is 2.28. The second-order valence-corrected chi connectivity index (χ2v) is 3.83. The molecule has 0 N–H and O–H groups in total. The quantitative estimate of drug-likeness (QED) is 0.748. The van der Waals surface area contributed by atoms with Crippen LogP contribution < -0.4 is 9.64 Å². The molecule has 0 amide bonds. The van der Waals surface area contributed by atoms with Crippen molar-refractivity contribution < 1.29 is 4.74 Å². The van der Waals surface area contributed by atoms with Crippen molar-refractivity contribution in [3.63, 3.8) is 0 Å². The molecule has 4 heteroatoms. The molecule has 1 aliphatic rings. The van der Waals surface area contributed by atoms with Gasteiger partial charge in [-0.1, -0.05) is 0 Å². The fourth-order valence-corrected chi connectivity index (χ4v) is 1.34. The van der Waals surface area contributed by atoms with Crippen molar-refractivity contribution in [1.29, 1.82) is 5.26 Å². The highest BCUT2D eigenvalue weighted by Gasteiger charge is 2.26. The molecule has 0 unspecified atom stereocenters. The van der Waals surface area contributed by atoms with Gasteiger partial charge in [0.1, 0.15) is 6.07 Å². The van der Waals surface area contributed by atoms with Crippen LogP contribution in [0.1, 0.15) is 18.5 Å². The van der Waals surface area contributed by atoms with E-state index in [4.69, 9.17) is 10.00 Å². The van der Waals surface area contributed by atoms with Crippen LogP contribution in [0, 0.1) is 11.3 Å². The van der Waals surface area contributed by atoms with Gasteiger partial charge >= 0.3 is 0 Å². The molecule has 0 spiro atoms. The van der Waals surface area contributed by atoms with Gasteiger partial charge in [-0.05, 0) is 18.9 Å². The summed E-state index contributed by atoms with van der Waals surface area (Å²) in [5, 5.41) is 8.95. The highest BCUT2D eigenvalue weighted by molar-refractivity contribution is 5.61. The lowest BCUT2D eigenvalue weighted by Crippen LogP contribution is -2.12. The lowest BCUT2D eigenvalue weighted by molar-refractivity contribution is 0.301. The maximum atomic E-state index is 8.95. The van der Waals surface area contributed by atoms with Crippen molar-refractivity contribution in [2.24, 2.45) is 0 Å². The average Bonchev–Trinajstić information content (AvgIpc) is 3.01. The van der Waals surface area contributed by atoms with E-state index in [1.165, 1.54) is 0 Å². The van der Waals surface area contributed by atoms with Crippen molar-refractivity contribution >= 4 is 5.69 Å². The average molecular weight is 203 g/mol. The molecule has 0 aliphatic heterocycles. The van der Waals surface area contributed by atoms with Crippen LogP contribution in [-0.4, -0.2) is 25.2 Å². The smallest absolute Gasteiger partial charge is 0.184 e. The Hall–Kier alpha value is -1.76. The van der Waals surface area contributed by atoms with Gasteiger partial charge in [-0.3, -0.25) is 0 Å². The van der Waals surface area contributed by atoms with E-state index in [1.54, 1.807) is 6.20 Å². The largest absolute Gasteiger partial charge is 0.485 e. The summed E-state index contributed by atoms with van der Waals surface area (Å²) in [6, 6.07) is 3.92. The highest BCUT2D eigenvalue weighted by atomic mass is 16.5. The van der Waals surface area contributed by atoms with E-state index in [1.807, 2.05) is 25.1 Å². The van der Waals surface area contributed by atoms with Gasteiger partial charge in [0.25, 0.3) is 0 Å². The molecular weight excluding hydrogens is 190 g/mol. The van der Waals surface area contributed by atoms with Crippen LogP contribution in [0.3, 0.4) is 0 Å². The minimum atomic E-state index is 0.278. The first-order valence-electron chi connectivity index (χ1n) is 4.95. The maximum absolute atomic E-state index is 8.95. The van der Waals surface area contributed by atoms with Gasteiger partial charge < -0.3 is 9.64 Å². The number of ether oxygens (including phenoxy) is 1. The molecule has 1 aromatic rings. The Kier molecular flexibility index (Phi) is 2.46. The fraction of sp³-hybridized carbons (Fsp3) is 0.455. The zero-order valence-corrected chi connectivity index (χ0v) is 8.90. The van der Waals surface area contributed by atoms with E-state index in [9.17, 15) is 0 Å². The minimum Gasteiger partial charge on any atom is -0.485 e. The molecule has 0 radical (unpaired) electrons. The monoisotopic (exact) mass is 203 g/mol. The second kappa shape index (κ2) is 3.77. The predicted molar refractivity (Wildman–Crippen MR) is 56.9 cm³/mol. The molecule has 1 heterocycles. The van der Waals surface area contributed by atoms with Gasteiger partial charge in [0.05, 0.1) is 11.8 Å². The number of hydrogen-bond donors (Lipinski definition) is 0. The molecule has 1 fully saturated rings. The first-order valence-corrected chi connectivity index (χ1v) is 4.95. The Morgan fingerprint density at radius 1 is 1.53 bits per heavy atom. The predicted octanol–water partition coefficient (Wildman–Crippen LogP) is 1.56. The normalized spacial score (nSPS) is 14.5. The fourth-order valence-electron chi connectivity index (χ4n) is 1.34. The molecule has 1 saturated carbocycles. The molecule has 0 bridgehead atoms. The van der Waals surface area contributed by atoms with E-state index in [0.29, 0.717) is 11.4 Å². The van der Waals surface area contributed by atoms with Crippen molar-refractivity contribution in [2.75, 3.05) is 19.0 Å². The molecular formula is C11H13N3O. The SMILES string of the molecule is CN(C)c1ccnc(C#N)c1OC1CC1. The van der Waals surface area contributed by atoms with Crippen LogP contribution in [-0.2, 0) is 0 Å². The van der Waals surface area contributed by atoms with E-state index in [-0.39, 0.29) is 6.10 Å². The lowest BCUT2D eigenvalue weighted by Gasteiger charge is -2.17. The van der Waals surface area contributed by atoms with Gasteiger partial charge in [-0.2, -0.15) is 5.26 Å². The Bertz CT molecular complexity index is 405. The summed E-state index contributed by atoms with van der Waals surface area (Å²) in [4.78, 5) is 5.94. The van der Waals surface area contributed by atoms with Crippen LogP contribution in [0.4, 0.5) is 5.69 Å². The number of aromatic nitrogens is 1. The van der Waals surface area contributed by atoms with Gasteiger partial charge in [0, 0.05) is 20.3 Å². The summed E-state index contributed by atoms with van der Waals surface area (Å²) in [6.45, 7) is 0. The lowest BCUT2D eigenvalue weighted by atomic mass is 10.3. The second-order valence-electron chi connectivity index (χ2n) is 3.83. The highest BCUT2D eigenvalue weighted by Crippen LogP contribution is 2.34. The maximum Gasteiger partial charge on any atom is 0.184 e. The van der Waals surface area contributed by atoms with Crippen LogP contribution in [0.2, 0.25) is 0 Å². The molecule has 78 valence electrons. The number of rotatable bonds is 3. The van der Waals surface area contributed by atoms with Crippen LogP contribution >= 0.6 is 0 Å². The molecule has 0 atom stereocenters. The first-order chi connectivity index (χ1) is 7.22. The summed E-state index contributed by atoms with van der Waals surface area (Å²) in [5.41, 5.74) is 1.28. The van der Waals surface area contributed by atoms with Crippen LogP contribution in [0.25, 0.3) is 0 Å². The van der Waals surface area contributed by atoms with Crippen molar-refractivity contribution in [3.05, 3.63) is 18.0 Å². The molecule has 1 aliphatic carbocycles. The third-order valence-electron chi connectivity index (χ3n) is 2.28. The van der Waals surface area contributed by atoms with Crippen molar-refractivity contribution in [1.82, 2.24) is 4.98 Å². The number of nitrogens with zero attached hydrogens (tertiary/aromatic N) is 3. The van der Waals surface area contributed by atoms with E-state index in [0.717, 1.165) is 18.5 Å². The molecule has 0 aromatic carbocycles. The topological polar surface area (TPSA) is 49.2 Å². The summed E-state index contributed by atoms with van der Waals surface area (Å²) >= 11 is 0. The number of hydrogen-bond acceptors (Lipinski definition) is 4. The Balaban J connectivity index is 2.39. The zero-order chi connectivity index (χ0) is 10.8. The summed E-state index contributed by atoms with van der Waals surface area (Å²) in [5.74, 6) is 0.618. The Morgan fingerprint density at radius 2 is 2.27 bits per heavy atom. The van der Waals surface area contributed by atoms with Crippen molar-refractivity contribution in [2.45, 2.75) is 18.9 Å². The van der Waals surface area contributed by atoms with Crippen molar-refractivity contribution in [3.8, 4) is 11.8 Å². The molecule has 15 heavy (non-hydrogen) atoms. The summed E-state index contributed by atoms with van der Waals surface area (Å²) in [6.07, 6.45) is 4.06. The van der Waals surface area contributed by atoms with Crippen LogP contribution in [0.15, 0.2) is 12.3 Å².